The van der Waals surface area contributed by atoms with E-state index in [0.717, 1.165) is 23.4 Å². The zero-order valence-electron chi connectivity index (χ0n) is 17.0. The lowest BCUT2D eigenvalue weighted by Gasteiger charge is -2.05. The molecule has 0 atom stereocenters. The Morgan fingerprint density at radius 1 is 0.767 bits per heavy atom. The van der Waals surface area contributed by atoms with E-state index in [9.17, 15) is 0 Å². The lowest BCUT2D eigenvalue weighted by Crippen LogP contribution is -1.94. The Kier molecular flexibility index (Phi) is 3.88. The first-order chi connectivity index (χ1) is 14.8. The summed E-state index contributed by atoms with van der Waals surface area (Å²) >= 11 is 0. The maximum atomic E-state index is 5.14. The van der Waals surface area contributed by atoms with Gasteiger partial charge in [-0.25, -0.2) is 4.98 Å². The molecule has 3 nitrogen and oxygen atoms in total. The predicted molar refractivity (Wildman–Crippen MR) is 127 cm³/mol. The van der Waals surface area contributed by atoms with Crippen LogP contribution in [0.15, 0.2) is 79.0 Å². The van der Waals surface area contributed by atoms with Gasteiger partial charge < -0.3 is 9.55 Å². The first-order valence-corrected chi connectivity index (χ1v) is 10.7. The summed E-state index contributed by atoms with van der Waals surface area (Å²) in [5, 5.41) is 6.19. The summed E-state index contributed by atoms with van der Waals surface area (Å²) < 4.78 is 2.37. The number of aromatic amines is 1. The highest BCUT2D eigenvalue weighted by Crippen LogP contribution is 2.37. The molecule has 6 rings (SSSR count). The lowest BCUT2D eigenvalue weighted by molar-refractivity contribution is 0.650. The summed E-state index contributed by atoms with van der Waals surface area (Å²) in [7, 11) is 0. The minimum Gasteiger partial charge on any atom is -0.347 e. The molecule has 4 aromatic carbocycles. The second kappa shape index (κ2) is 6.74. The highest BCUT2D eigenvalue weighted by Gasteiger charge is 2.16. The van der Waals surface area contributed by atoms with Gasteiger partial charge in [-0.05, 0) is 23.3 Å². The smallest absolute Gasteiger partial charge is 0.140 e. The monoisotopic (exact) mass is 389 g/mol. The molecule has 0 saturated heterocycles. The van der Waals surface area contributed by atoms with Crippen molar-refractivity contribution < 1.29 is 0 Å². The summed E-state index contributed by atoms with van der Waals surface area (Å²) in [6, 6.07) is 25.8. The van der Waals surface area contributed by atoms with Crippen molar-refractivity contribution in [1.82, 2.24) is 14.5 Å². The number of H-pyrrole nitrogens is 1. The molecule has 0 aliphatic carbocycles. The first kappa shape index (κ1) is 17.3. The van der Waals surface area contributed by atoms with Crippen molar-refractivity contribution in [2.45, 2.75) is 26.3 Å². The highest BCUT2D eigenvalue weighted by atomic mass is 15.0. The van der Waals surface area contributed by atoms with E-state index in [1.54, 1.807) is 0 Å². The van der Waals surface area contributed by atoms with E-state index in [1.165, 1.54) is 50.9 Å². The average Bonchev–Trinajstić information content (AvgIpc) is 3.40. The van der Waals surface area contributed by atoms with Crippen LogP contribution in [0.4, 0.5) is 0 Å². The van der Waals surface area contributed by atoms with Gasteiger partial charge in [-0.3, -0.25) is 0 Å². The van der Waals surface area contributed by atoms with Gasteiger partial charge in [0.15, 0.2) is 0 Å². The van der Waals surface area contributed by atoms with Crippen LogP contribution < -0.4 is 0 Å². The highest BCUT2D eigenvalue weighted by molar-refractivity contribution is 6.23. The molecule has 0 fully saturated rings. The maximum absolute atomic E-state index is 5.14. The van der Waals surface area contributed by atoms with Crippen molar-refractivity contribution in [3.8, 4) is 11.4 Å². The van der Waals surface area contributed by atoms with Crippen molar-refractivity contribution in [2.24, 2.45) is 0 Å². The zero-order valence-corrected chi connectivity index (χ0v) is 17.0. The van der Waals surface area contributed by atoms with E-state index >= 15 is 0 Å². The van der Waals surface area contributed by atoms with Crippen LogP contribution in [0, 0.1) is 0 Å². The number of unbranched alkanes of at least 4 members (excludes halogenated alkanes) is 1. The topological polar surface area (TPSA) is 33.6 Å². The van der Waals surface area contributed by atoms with Crippen molar-refractivity contribution in [3.63, 3.8) is 0 Å². The van der Waals surface area contributed by atoms with Gasteiger partial charge in [-0.2, -0.15) is 0 Å². The zero-order chi connectivity index (χ0) is 20.1. The average molecular weight is 390 g/mol. The van der Waals surface area contributed by atoms with Gasteiger partial charge in [-0.15, -0.1) is 0 Å². The third kappa shape index (κ3) is 2.48. The molecule has 3 heteroatoms. The Balaban J connectivity index is 1.67. The van der Waals surface area contributed by atoms with Crippen LogP contribution in [0.1, 0.15) is 19.8 Å². The Bertz CT molecular complexity index is 1460. The van der Waals surface area contributed by atoms with Gasteiger partial charge >= 0.3 is 0 Å². The van der Waals surface area contributed by atoms with Crippen molar-refractivity contribution in [1.29, 1.82) is 0 Å². The van der Waals surface area contributed by atoms with Crippen molar-refractivity contribution in [3.05, 3.63) is 79.0 Å². The molecule has 0 bridgehead atoms. The molecule has 2 heterocycles. The molecule has 146 valence electrons. The molecule has 0 unspecified atom stereocenters. The number of nitrogens with zero attached hydrogens (tertiary/aromatic N) is 2. The molecule has 0 spiro atoms. The molecule has 2 aromatic heterocycles. The van der Waals surface area contributed by atoms with E-state index < -0.39 is 0 Å². The Morgan fingerprint density at radius 2 is 1.40 bits per heavy atom. The SMILES string of the molecule is CCCCn1cc(-c2nc3c4ccccc4c4ccccc4c3[nH]2)c2ccccc21. The second-order valence-corrected chi connectivity index (χ2v) is 8.01. The molecule has 1 N–H and O–H groups in total. The predicted octanol–water partition coefficient (Wildman–Crippen LogP) is 7.29. The third-order valence-electron chi connectivity index (χ3n) is 6.17. The van der Waals surface area contributed by atoms with E-state index in [1.807, 2.05) is 0 Å². The molecular weight excluding hydrogens is 366 g/mol. The summed E-state index contributed by atoms with van der Waals surface area (Å²) in [4.78, 5) is 8.82. The van der Waals surface area contributed by atoms with Gasteiger partial charge in [0, 0.05) is 40.0 Å². The van der Waals surface area contributed by atoms with Crippen LogP contribution in [0.2, 0.25) is 0 Å². The molecule has 0 aliphatic rings. The number of para-hydroxylation sites is 1. The van der Waals surface area contributed by atoms with E-state index in [2.05, 4.69) is 95.5 Å². The number of aryl methyl sites for hydroxylation is 1. The number of nitrogens with one attached hydrogen (secondary N) is 1. The van der Waals surface area contributed by atoms with Crippen LogP contribution in [0.3, 0.4) is 0 Å². The maximum Gasteiger partial charge on any atom is 0.140 e. The van der Waals surface area contributed by atoms with Gasteiger partial charge in [-0.1, -0.05) is 80.1 Å². The number of rotatable bonds is 4. The molecule has 0 radical (unpaired) electrons. The largest absolute Gasteiger partial charge is 0.347 e. The van der Waals surface area contributed by atoms with E-state index in [4.69, 9.17) is 4.98 Å². The minimum atomic E-state index is 0.943. The molecule has 30 heavy (non-hydrogen) atoms. The summed E-state index contributed by atoms with van der Waals surface area (Å²) in [5.74, 6) is 0.943. The first-order valence-electron chi connectivity index (χ1n) is 10.7. The summed E-state index contributed by atoms with van der Waals surface area (Å²) in [5.41, 5.74) is 4.61. The Morgan fingerprint density at radius 3 is 2.17 bits per heavy atom. The van der Waals surface area contributed by atoms with Gasteiger partial charge in [0.2, 0.25) is 0 Å². The fraction of sp³-hybridized carbons (Fsp3) is 0.148. The molecule has 0 saturated carbocycles. The molecular formula is C27H23N3. The lowest BCUT2D eigenvalue weighted by atomic mass is 10.0. The molecule has 0 amide bonds. The fourth-order valence-corrected chi connectivity index (χ4v) is 4.70. The number of hydrogen-bond acceptors (Lipinski definition) is 1. The van der Waals surface area contributed by atoms with Gasteiger partial charge in [0.1, 0.15) is 5.82 Å². The van der Waals surface area contributed by atoms with Crippen molar-refractivity contribution in [2.75, 3.05) is 0 Å². The fourth-order valence-electron chi connectivity index (χ4n) is 4.70. The normalized spacial score (nSPS) is 11.9. The van der Waals surface area contributed by atoms with Crippen LogP contribution in [-0.4, -0.2) is 14.5 Å². The summed E-state index contributed by atoms with van der Waals surface area (Å²) in [6.45, 7) is 3.27. The minimum absolute atomic E-state index is 0.943. The van der Waals surface area contributed by atoms with Gasteiger partial charge in [0.25, 0.3) is 0 Å². The van der Waals surface area contributed by atoms with Crippen LogP contribution in [0.5, 0.6) is 0 Å². The number of fused-ring (bicyclic) bond motifs is 7. The number of benzene rings is 4. The Hall–Kier alpha value is -3.59. The van der Waals surface area contributed by atoms with Crippen LogP contribution >= 0.6 is 0 Å². The molecule has 6 aromatic rings. The molecule has 0 aliphatic heterocycles. The van der Waals surface area contributed by atoms with E-state index in [-0.39, 0.29) is 0 Å². The van der Waals surface area contributed by atoms with Crippen LogP contribution in [0.25, 0.3) is 54.9 Å². The standard InChI is InChI=1S/C27H23N3/c1-2-3-16-30-17-23(20-12-8-9-15-24(20)30)27-28-25-21-13-6-4-10-18(21)19-11-5-7-14-22(19)26(25)29-27/h4-15,17H,2-3,16H2,1H3,(H,28,29). The quantitative estimate of drug-likeness (QED) is 0.316. The number of hydrogen-bond donors (Lipinski definition) is 1. The Labute approximate surface area is 175 Å². The number of imidazole rings is 1. The van der Waals surface area contributed by atoms with Crippen molar-refractivity contribution >= 4 is 43.5 Å². The van der Waals surface area contributed by atoms with Gasteiger partial charge in [0.05, 0.1) is 11.0 Å². The van der Waals surface area contributed by atoms with E-state index in [0.29, 0.717) is 0 Å². The second-order valence-electron chi connectivity index (χ2n) is 8.01. The van der Waals surface area contributed by atoms with Crippen LogP contribution in [-0.2, 0) is 6.54 Å². The number of aromatic nitrogens is 3. The summed E-state index contributed by atoms with van der Waals surface area (Å²) in [6.07, 6.45) is 4.63. The third-order valence-corrected chi connectivity index (χ3v) is 6.17.